The van der Waals surface area contributed by atoms with Crippen molar-refractivity contribution in [2.45, 2.75) is 4.90 Å². The molecule has 1 aliphatic rings. The SMILES string of the molecule is O=C(/C=C/c1ccccc1[N+](=O)[O-])NNC(=O)c1cccc(S(=O)(=O)N2CCOCC2)c1. The highest BCUT2D eigenvalue weighted by atomic mass is 32.2. The summed E-state index contributed by atoms with van der Waals surface area (Å²) in [7, 11) is -3.78. The average Bonchev–Trinajstić information content (AvgIpc) is 2.82. The normalized spacial score (nSPS) is 14.8. The molecule has 2 N–H and O–H groups in total. The minimum absolute atomic E-state index is 0.0299. The van der Waals surface area contributed by atoms with E-state index in [2.05, 4.69) is 10.9 Å². The van der Waals surface area contributed by atoms with Crippen LogP contribution < -0.4 is 10.9 Å². The number of hydrogen-bond acceptors (Lipinski definition) is 7. The summed E-state index contributed by atoms with van der Waals surface area (Å²) in [6.07, 6.45) is 2.27. The number of nitrogens with one attached hydrogen (secondary N) is 2. The Morgan fingerprint density at radius 3 is 2.50 bits per heavy atom. The number of sulfonamides is 1. The number of ether oxygens (including phenoxy) is 1. The second-order valence-electron chi connectivity index (χ2n) is 6.64. The lowest BCUT2D eigenvalue weighted by atomic mass is 10.1. The van der Waals surface area contributed by atoms with E-state index in [-0.39, 0.29) is 34.8 Å². The summed E-state index contributed by atoms with van der Waals surface area (Å²) < 4.78 is 31.9. The Labute approximate surface area is 183 Å². The molecule has 0 saturated carbocycles. The molecule has 0 unspecified atom stereocenters. The van der Waals surface area contributed by atoms with E-state index in [4.69, 9.17) is 4.74 Å². The van der Waals surface area contributed by atoms with Gasteiger partial charge in [0.2, 0.25) is 10.0 Å². The Bertz CT molecular complexity index is 1160. The lowest BCUT2D eigenvalue weighted by Crippen LogP contribution is -2.41. The molecule has 2 aromatic rings. The molecular weight excluding hydrogens is 440 g/mol. The number of morpholine rings is 1. The summed E-state index contributed by atoms with van der Waals surface area (Å²) in [5.74, 6) is -1.45. The van der Waals surface area contributed by atoms with Gasteiger partial charge in [0.25, 0.3) is 17.5 Å². The van der Waals surface area contributed by atoms with Crippen LogP contribution in [-0.4, -0.2) is 55.8 Å². The van der Waals surface area contributed by atoms with Crippen LogP contribution >= 0.6 is 0 Å². The molecule has 1 aliphatic heterocycles. The first-order chi connectivity index (χ1) is 15.3. The second kappa shape index (κ2) is 10.1. The number of hydrazine groups is 1. The van der Waals surface area contributed by atoms with Crippen LogP contribution in [0, 0.1) is 10.1 Å². The standard InChI is InChI=1S/C20H20N4O7S/c25-19(9-8-15-4-1-2-7-18(15)24(27)28)21-22-20(26)16-5-3-6-17(14-16)32(29,30)23-10-12-31-13-11-23/h1-9,14H,10-13H2,(H,21,25)(H,22,26)/b9-8+. The molecule has 3 rings (SSSR count). The van der Waals surface area contributed by atoms with Crippen LogP contribution in [0.3, 0.4) is 0 Å². The molecule has 12 heteroatoms. The molecule has 0 spiro atoms. The average molecular weight is 460 g/mol. The van der Waals surface area contributed by atoms with Gasteiger partial charge >= 0.3 is 0 Å². The maximum absolute atomic E-state index is 12.7. The first-order valence-electron chi connectivity index (χ1n) is 9.49. The quantitative estimate of drug-likeness (QED) is 0.372. The zero-order chi connectivity index (χ0) is 23.1. The van der Waals surface area contributed by atoms with Crippen molar-refractivity contribution in [3.05, 3.63) is 75.8 Å². The maximum atomic E-state index is 12.7. The molecule has 2 amide bonds. The van der Waals surface area contributed by atoms with Gasteiger partial charge in [-0.1, -0.05) is 18.2 Å². The van der Waals surface area contributed by atoms with Crippen LogP contribution in [0.2, 0.25) is 0 Å². The minimum atomic E-state index is -3.78. The molecule has 1 fully saturated rings. The Morgan fingerprint density at radius 1 is 1.06 bits per heavy atom. The van der Waals surface area contributed by atoms with E-state index in [1.165, 1.54) is 52.8 Å². The molecule has 0 atom stereocenters. The molecular formula is C20H20N4O7S. The summed E-state index contributed by atoms with van der Waals surface area (Å²) >= 11 is 0. The van der Waals surface area contributed by atoms with Gasteiger partial charge in [-0.25, -0.2) is 8.42 Å². The molecule has 2 aromatic carbocycles. The predicted molar refractivity (Wildman–Crippen MR) is 114 cm³/mol. The van der Waals surface area contributed by atoms with E-state index in [1.54, 1.807) is 6.07 Å². The van der Waals surface area contributed by atoms with Crippen LogP contribution in [0.5, 0.6) is 0 Å². The van der Waals surface area contributed by atoms with Crippen LogP contribution in [0.1, 0.15) is 15.9 Å². The fraction of sp³-hybridized carbons (Fsp3) is 0.200. The molecule has 168 valence electrons. The van der Waals surface area contributed by atoms with E-state index < -0.39 is 26.8 Å². The zero-order valence-electron chi connectivity index (χ0n) is 16.8. The zero-order valence-corrected chi connectivity index (χ0v) is 17.6. The summed E-state index contributed by atoms with van der Waals surface area (Å²) in [4.78, 5) is 34.7. The largest absolute Gasteiger partial charge is 0.379 e. The number of rotatable bonds is 6. The number of nitro benzene ring substituents is 1. The number of para-hydroxylation sites is 1. The van der Waals surface area contributed by atoms with Gasteiger partial charge in [-0.2, -0.15) is 4.31 Å². The van der Waals surface area contributed by atoms with Gasteiger partial charge < -0.3 is 4.74 Å². The molecule has 1 saturated heterocycles. The number of nitrogens with zero attached hydrogens (tertiary/aromatic N) is 2. The number of benzene rings is 2. The highest BCUT2D eigenvalue weighted by Crippen LogP contribution is 2.19. The number of carbonyl (C=O) groups is 2. The van der Waals surface area contributed by atoms with Gasteiger partial charge in [0.1, 0.15) is 0 Å². The minimum Gasteiger partial charge on any atom is -0.379 e. The number of carbonyl (C=O) groups excluding carboxylic acids is 2. The van der Waals surface area contributed by atoms with Crippen molar-refractivity contribution in [3.8, 4) is 0 Å². The highest BCUT2D eigenvalue weighted by Gasteiger charge is 2.26. The summed E-state index contributed by atoms with van der Waals surface area (Å²) in [6.45, 7) is 1.04. The number of amides is 2. The molecule has 0 aromatic heterocycles. The smallest absolute Gasteiger partial charge is 0.276 e. The Morgan fingerprint density at radius 2 is 1.78 bits per heavy atom. The Kier molecular flexibility index (Phi) is 7.30. The van der Waals surface area contributed by atoms with Gasteiger partial charge in [-0.05, 0) is 30.3 Å². The molecule has 32 heavy (non-hydrogen) atoms. The van der Waals surface area contributed by atoms with Crippen molar-refractivity contribution in [1.82, 2.24) is 15.2 Å². The van der Waals surface area contributed by atoms with E-state index in [0.29, 0.717) is 13.2 Å². The van der Waals surface area contributed by atoms with Crippen molar-refractivity contribution in [2.75, 3.05) is 26.3 Å². The molecule has 11 nitrogen and oxygen atoms in total. The fourth-order valence-electron chi connectivity index (χ4n) is 2.93. The molecule has 0 bridgehead atoms. The van der Waals surface area contributed by atoms with Crippen molar-refractivity contribution >= 4 is 33.6 Å². The topological polar surface area (TPSA) is 148 Å². The molecule has 1 heterocycles. The van der Waals surface area contributed by atoms with Gasteiger partial charge in [-0.3, -0.25) is 30.6 Å². The number of nitro groups is 1. The Hall–Kier alpha value is -3.61. The maximum Gasteiger partial charge on any atom is 0.276 e. The van der Waals surface area contributed by atoms with E-state index in [1.807, 2.05) is 0 Å². The first-order valence-corrected chi connectivity index (χ1v) is 10.9. The van der Waals surface area contributed by atoms with Gasteiger partial charge in [0.15, 0.2) is 0 Å². The first kappa shape index (κ1) is 23.1. The van der Waals surface area contributed by atoms with Gasteiger partial charge in [0.05, 0.1) is 28.6 Å². The number of hydrogen-bond donors (Lipinski definition) is 2. The van der Waals surface area contributed by atoms with E-state index in [0.717, 1.165) is 6.08 Å². The van der Waals surface area contributed by atoms with Crippen LogP contribution in [0.15, 0.2) is 59.5 Å². The van der Waals surface area contributed by atoms with E-state index >= 15 is 0 Å². The monoisotopic (exact) mass is 460 g/mol. The van der Waals surface area contributed by atoms with Crippen molar-refractivity contribution in [2.24, 2.45) is 0 Å². The van der Waals surface area contributed by atoms with Crippen molar-refractivity contribution in [1.29, 1.82) is 0 Å². The lowest BCUT2D eigenvalue weighted by molar-refractivity contribution is -0.385. The summed E-state index contributed by atoms with van der Waals surface area (Å²) in [5.41, 5.74) is 4.41. The molecule has 0 aliphatic carbocycles. The second-order valence-corrected chi connectivity index (χ2v) is 8.57. The third kappa shape index (κ3) is 5.55. The van der Waals surface area contributed by atoms with Crippen LogP contribution in [-0.2, 0) is 19.6 Å². The fourth-order valence-corrected chi connectivity index (χ4v) is 4.38. The van der Waals surface area contributed by atoms with Crippen molar-refractivity contribution in [3.63, 3.8) is 0 Å². The Balaban J connectivity index is 1.63. The molecule has 0 radical (unpaired) electrons. The predicted octanol–water partition coefficient (Wildman–Crippen LogP) is 1.09. The lowest BCUT2D eigenvalue weighted by Gasteiger charge is -2.26. The third-order valence-electron chi connectivity index (χ3n) is 4.55. The van der Waals surface area contributed by atoms with Crippen LogP contribution in [0.25, 0.3) is 6.08 Å². The van der Waals surface area contributed by atoms with Gasteiger partial charge in [-0.15, -0.1) is 0 Å². The van der Waals surface area contributed by atoms with Gasteiger partial charge in [0, 0.05) is 30.8 Å². The highest BCUT2D eigenvalue weighted by molar-refractivity contribution is 7.89. The third-order valence-corrected chi connectivity index (χ3v) is 6.45. The van der Waals surface area contributed by atoms with E-state index in [9.17, 15) is 28.1 Å². The van der Waals surface area contributed by atoms with Crippen molar-refractivity contribution < 1.29 is 27.7 Å². The summed E-state index contributed by atoms with van der Waals surface area (Å²) in [6, 6.07) is 11.3. The summed E-state index contributed by atoms with van der Waals surface area (Å²) in [5, 5.41) is 11.0. The van der Waals surface area contributed by atoms with Crippen LogP contribution in [0.4, 0.5) is 5.69 Å².